The lowest BCUT2D eigenvalue weighted by Crippen LogP contribution is -2.52. The van der Waals surface area contributed by atoms with Crippen LogP contribution in [0.2, 0.25) is 0 Å². The summed E-state index contributed by atoms with van der Waals surface area (Å²) in [5.74, 6) is -2.28. The smallest absolute Gasteiger partial charge is 0.367 e. The van der Waals surface area contributed by atoms with E-state index in [2.05, 4.69) is 0 Å². The molecule has 1 atom stereocenters. The molecule has 17 heteroatoms. The molecule has 5 heterocycles. The van der Waals surface area contributed by atoms with Crippen LogP contribution in [-0.4, -0.2) is 40.4 Å². The Kier molecular flexibility index (Phi) is 11.3. The van der Waals surface area contributed by atoms with Gasteiger partial charge in [-0.15, -0.1) is 45.3 Å². The highest BCUT2D eigenvalue weighted by Crippen LogP contribution is 2.62. The van der Waals surface area contributed by atoms with Crippen LogP contribution in [0.5, 0.6) is 5.75 Å². The number of ether oxygens (including phenoxy) is 3. The molecule has 70 heavy (non-hydrogen) atoms. The number of carbonyl (C=O) groups excluding carboxylic acids is 3. The molecule has 4 aliphatic carbocycles. The van der Waals surface area contributed by atoms with Gasteiger partial charge < -0.3 is 19.3 Å². The largest absolute Gasteiger partial charge is 0.457 e. The Morgan fingerprint density at radius 2 is 1.20 bits per heavy atom. The van der Waals surface area contributed by atoms with Crippen molar-refractivity contribution in [1.29, 1.82) is 21.0 Å². The summed E-state index contributed by atoms with van der Waals surface area (Å²) in [4.78, 5) is 55.1. The molecule has 13 nitrogen and oxygen atoms in total. The van der Waals surface area contributed by atoms with Crippen molar-refractivity contribution in [2.45, 2.75) is 50.6 Å². The third kappa shape index (κ3) is 7.11. The minimum absolute atomic E-state index is 0.0268. The van der Waals surface area contributed by atoms with Crippen molar-refractivity contribution in [3.05, 3.63) is 158 Å². The summed E-state index contributed by atoms with van der Waals surface area (Å²) in [7, 11) is 0. The average molecular weight is 991 g/mol. The molecule has 11 rings (SSSR count). The molecule has 2 aromatic carbocycles. The normalized spacial score (nSPS) is 18.5. The van der Waals surface area contributed by atoms with E-state index >= 15 is 9.59 Å². The molecule has 1 unspecified atom stereocenters. The lowest BCUT2D eigenvalue weighted by molar-refractivity contribution is -0.183. The fourth-order valence-corrected chi connectivity index (χ4v) is 14.3. The maximum atomic E-state index is 15.2. The first-order valence-electron chi connectivity index (χ1n) is 21.7. The summed E-state index contributed by atoms with van der Waals surface area (Å²) in [5.41, 5.74) is 1.15. The SMILES string of the molecule is N#CC(C#N)=C1C2=CCCC=C2C(=O)C1=Nc1cc2sc3c(c2s1)OC(C(=O)OCc1ccccc1)(C(=O)OCc1ccccc1)c1c-3sc2cc(N=C3C(=C(C#N)C#N)C4=CCCC=C4C3O)sc12. The van der Waals surface area contributed by atoms with Gasteiger partial charge in [0.05, 0.1) is 35.1 Å². The molecule has 338 valence electrons. The van der Waals surface area contributed by atoms with Gasteiger partial charge in [0.15, 0.2) is 5.75 Å². The van der Waals surface area contributed by atoms with Crippen LogP contribution >= 0.6 is 45.3 Å². The number of aliphatic hydroxyl groups excluding tert-OH is 1. The van der Waals surface area contributed by atoms with Crippen LogP contribution in [0.3, 0.4) is 0 Å². The van der Waals surface area contributed by atoms with Gasteiger partial charge in [-0.3, -0.25) is 4.79 Å². The maximum Gasteiger partial charge on any atom is 0.367 e. The van der Waals surface area contributed by atoms with E-state index in [1.54, 1.807) is 66.7 Å². The van der Waals surface area contributed by atoms with Crippen LogP contribution < -0.4 is 4.74 Å². The van der Waals surface area contributed by atoms with Gasteiger partial charge >= 0.3 is 17.5 Å². The number of benzene rings is 2. The van der Waals surface area contributed by atoms with Gasteiger partial charge in [-0.2, -0.15) is 21.0 Å². The van der Waals surface area contributed by atoms with Gasteiger partial charge in [0.1, 0.15) is 70.5 Å². The zero-order chi connectivity index (χ0) is 48.3. The van der Waals surface area contributed by atoms with Gasteiger partial charge in [0.25, 0.3) is 0 Å². The molecule has 0 saturated heterocycles. The number of esters is 2. The number of hydrogen-bond donors (Lipinski definition) is 1. The lowest BCUT2D eigenvalue weighted by atomic mass is 9.90. The van der Waals surface area contributed by atoms with Crippen molar-refractivity contribution < 1.29 is 33.7 Å². The van der Waals surface area contributed by atoms with E-state index in [9.17, 15) is 30.9 Å². The highest BCUT2D eigenvalue weighted by atomic mass is 32.1. The summed E-state index contributed by atoms with van der Waals surface area (Å²) in [5, 5.41) is 52.2. The summed E-state index contributed by atoms with van der Waals surface area (Å²) in [6.07, 6.45) is 8.81. The summed E-state index contributed by atoms with van der Waals surface area (Å²) in [6.45, 7) is -0.420. The number of ketones is 1. The van der Waals surface area contributed by atoms with E-state index < -0.39 is 29.4 Å². The fourth-order valence-electron chi connectivity index (χ4n) is 9.15. The number of hydrogen-bond acceptors (Lipinski definition) is 17. The molecule has 1 N–H and O–H groups in total. The summed E-state index contributed by atoms with van der Waals surface area (Å²) in [6, 6.07) is 29.3. The fraction of sp³-hybridized carbons (Fsp3) is 0.151. The standard InChI is InChI=1S/C53H30N6O7S4/c54-21-29(22-55)39-31-15-7-9-17-33(31)44(60)42(39)58-37-19-35-47(69-37)41-49(67-35)50-46(66-53(41,51(62)64-25-27-11-3-1-4-12-27)52(63)65-26-28-13-5-2-6-14-28)48-36(68-50)20-38(70-48)59-43-40(30(23-56)24-57)32-16-8-10-18-34(32)45(43)61/h1-6,11-20,44,60H,7-10,25-26H2. The number of nitrogens with zero attached hydrogens (tertiary/aromatic N) is 6. The molecule has 6 aromatic rings. The molecule has 5 aliphatic rings. The van der Waals surface area contributed by atoms with Crippen molar-refractivity contribution in [3.63, 3.8) is 0 Å². The molecular formula is C53H30N6O7S4. The van der Waals surface area contributed by atoms with Gasteiger partial charge in [0, 0.05) is 21.4 Å². The summed E-state index contributed by atoms with van der Waals surface area (Å²) < 4.78 is 21.3. The highest BCUT2D eigenvalue weighted by Gasteiger charge is 2.60. The van der Waals surface area contributed by atoms with E-state index in [0.29, 0.717) is 97.7 Å². The number of allylic oxidation sites excluding steroid dienone is 9. The molecule has 2 fully saturated rings. The number of aliphatic imine (C=N–C) groups is 2. The van der Waals surface area contributed by atoms with E-state index in [0.717, 1.165) is 22.7 Å². The maximum absolute atomic E-state index is 15.2. The Bertz CT molecular complexity index is 3680. The Labute approximate surface area is 414 Å². The Hall–Kier alpha value is -8.13. The van der Waals surface area contributed by atoms with E-state index in [1.807, 2.05) is 54.6 Å². The number of fused-ring (bicyclic) bond motifs is 9. The van der Waals surface area contributed by atoms with Gasteiger partial charge in [-0.1, -0.05) is 85.0 Å². The van der Waals surface area contributed by atoms with E-state index in [1.165, 1.54) is 22.7 Å². The van der Waals surface area contributed by atoms with E-state index in [4.69, 9.17) is 24.2 Å². The first-order chi connectivity index (χ1) is 34.2. The van der Waals surface area contributed by atoms with E-state index in [-0.39, 0.29) is 58.2 Å². The first kappa shape index (κ1) is 44.4. The predicted octanol–water partition coefficient (Wildman–Crippen LogP) is 11.1. The average Bonchev–Trinajstić information content (AvgIpc) is 4.24. The van der Waals surface area contributed by atoms with Crippen LogP contribution in [0.25, 0.3) is 28.6 Å². The zero-order valence-electron chi connectivity index (χ0n) is 36.3. The third-order valence-electron chi connectivity index (χ3n) is 12.3. The molecule has 0 spiro atoms. The van der Waals surface area contributed by atoms with Crippen molar-refractivity contribution in [3.8, 4) is 39.8 Å². The van der Waals surface area contributed by atoms with Crippen LogP contribution in [0.15, 0.2) is 152 Å². The van der Waals surface area contributed by atoms with Crippen LogP contribution in [0.4, 0.5) is 10.0 Å². The minimum atomic E-state index is -2.55. The van der Waals surface area contributed by atoms with Gasteiger partial charge in [0.2, 0.25) is 5.78 Å². The Morgan fingerprint density at radius 1 is 0.671 bits per heavy atom. The topological polar surface area (TPSA) is 219 Å². The third-order valence-corrected chi connectivity index (χ3v) is 17.0. The number of thiophene rings is 4. The van der Waals surface area contributed by atoms with Gasteiger partial charge in [-0.05, 0) is 65.7 Å². The molecule has 2 saturated carbocycles. The Balaban J connectivity index is 1.10. The van der Waals surface area contributed by atoms with Gasteiger partial charge in [-0.25, -0.2) is 19.6 Å². The number of nitriles is 4. The molecule has 0 bridgehead atoms. The first-order valence-corrected chi connectivity index (χ1v) is 25.0. The second-order valence-electron chi connectivity index (χ2n) is 16.3. The number of carbonyl (C=O) groups is 3. The number of rotatable bonds is 8. The molecule has 0 amide bonds. The second kappa shape index (κ2) is 17.7. The van der Waals surface area contributed by atoms with Crippen LogP contribution in [0.1, 0.15) is 42.4 Å². The Morgan fingerprint density at radius 3 is 1.83 bits per heavy atom. The lowest BCUT2D eigenvalue weighted by Gasteiger charge is -2.33. The quantitative estimate of drug-likeness (QED) is 0.0858. The monoisotopic (exact) mass is 990 g/mol. The van der Waals surface area contributed by atoms with Crippen molar-refractivity contribution in [1.82, 2.24) is 0 Å². The highest BCUT2D eigenvalue weighted by molar-refractivity contribution is 7.36. The second-order valence-corrected chi connectivity index (χ2v) is 20.5. The molecule has 1 aliphatic heterocycles. The number of aliphatic hydroxyl groups is 1. The molecule has 0 radical (unpaired) electrons. The number of Topliss-reactive ketones (excluding diaryl/α,β-unsaturated/α-hetero) is 1. The molecule has 4 aromatic heterocycles. The van der Waals surface area contributed by atoms with Crippen molar-refractivity contribution >= 4 is 103 Å². The van der Waals surface area contributed by atoms with Crippen LogP contribution in [0, 0.1) is 45.3 Å². The zero-order valence-corrected chi connectivity index (χ0v) is 39.5. The predicted molar refractivity (Wildman–Crippen MR) is 266 cm³/mol. The minimum Gasteiger partial charge on any atom is -0.457 e. The molecular weight excluding hydrogens is 961 g/mol. The van der Waals surface area contributed by atoms with Crippen molar-refractivity contribution in [2.75, 3.05) is 0 Å². The summed E-state index contributed by atoms with van der Waals surface area (Å²) >= 11 is 4.93. The van der Waals surface area contributed by atoms with Crippen molar-refractivity contribution in [2.24, 2.45) is 9.98 Å². The van der Waals surface area contributed by atoms with Crippen LogP contribution in [-0.2, 0) is 42.7 Å².